The summed E-state index contributed by atoms with van der Waals surface area (Å²) in [5.74, 6) is -1.51. The number of nitrogens with one attached hydrogen (secondary N) is 1. The van der Waals surface area contributed by atoms with Gasteiger partial charge in [0.2, 0.25) is 5.91 Å². The van der Waals surface area contributed by atoms with Crippen molar-refractivity contribution in [3.05, 3.63) is 47.3 Å². The molecule has 0 unspecified atom stereocenters. The number of nitrogens with zero attached hydrogens (tertiary/aromatic N) is 2. The Hall–Kier alpha value is -2.63. The van der Waals surface area contributed by atoms with Gasteiger partial charge in [0.25, 0.3) is 0 Å². The van der Waals surface area contributed by atoms with Crippen molar-refractivity contribution < 1.29 is 14.7 Å². The average molecular weight is 329 g/mol. The second-order valence-corrected chi connectivity index (χ2v) is 6.20. The lowest BCUT2D eigenvalue weighted by Crippen LogP contribution is -2.45. The smallest absolute Gasteiger partial charge is 0.326 e. The Labute approximate surface area is 141 Å². The average Bonchev–Trinajstić information content (AvgIpc) is 2.81. The number of carboxylic acids is 1. The predicted octanol–water partition coefficient (Wildman–Crippen LogP) is 2.26. The van der Waals surface area contributed by atoms with E-state index in [1.165, 1.54) is 0 Å². The first kappa shape index (κ1) is 17.7. The van der Waals surface area contributed by atoms with Gasteiger partial charge in [-0.15, -0.1) is 0 Å². The molecule has 0 aliphatic rings. The largest absolute Gasteiger partial charge is 0.480 e. The maximum absolute atomic E-state index is 12.3. The molecule has 0 aliphatic carbocycles. The summed E-state index contributed by atoms with van der Waals surface area (Å²) in [6.07, 6.45) is 0.112. The fourth-order valence-electron chi connectivity index (χ4n) is 2.65. The Morgan fingerprint density at radius 2 is 1.83 bits per heavy atom. The highest BCUT2D eigenvalue weighted by Gasteiger charge is 2.24. The number of carbonyl (C=O) groups is 2. The number of para-hydroxylation sites is 1. The van der Waals surface area contributed by atoms with Gasteiger partial charge in [0.1, 0.15) is 6.04 Å². The Bertz CT molecular complexity index is 735. The van der Waals surface area contributed by atoms with E-state index < -0.39 is 12.0 Å². The number of benzene rings is 1. The van der Waals surface area contributed by atoms with Crippen molar-refractivity contribution in [2.24, 2.45) is 5.92 Å². The Morgan fingerprint density at radius 3 is 2.38 bits per heavy atom. The quantitative estimate of drug-likeness (QED) is 0.851. The minimum absolute atomic E-state index is 0.112. The summed E-state index contributed by atoms with van der Waals surface area (Å²) in [5, 5.41) is 16.3. The molecule has 1 atom stereocenters. The van der Waals surface area contributed by atoms with Crippen molar-refractivity contribution in [2.45, 2.75) is 40.2 Å². The summed E-state index contributed by atoms with van der Waals surface area (Å²) in [7, 11) is 0. The number of aryl methyl sites for hydroxylation is 1. The van der Waals surface area contributed by atoms with Gasteiger partial charge < -0.3 is 10.4 Å². The van der Waals surface area contributed by atoms with Gasteiger partial charge in [0, 0.05) is 11.3 Å². The fourth-order valence-corrected chi connectivity index (χ4v) is 2.65. The topological polar surface area (TPSA) is 84.2 Å². The number of hydrogen-bond donors (Lipinski definition) is 2. The zero-order chi connectivity index (χ0) is 17.9. The van der Waals surface area contributed by atoms with Crippen LogP contribution in [0.5, 0.6) is 0 Å². The van der Waals surface area contributed by atoms with Crippen LogP contribution in [0, 0.1) is 19.8 Å². The molecule has 1 heterocycles. The van der Waals surface area contributed by atoms with E-state index in [2.05, 4.69) is 10.4 Å². The van der Waals surface area contributed by atoms with Crippen LogP contribution in [-0.2, 0) is 16.0 Å². The molecule has 1 aromatic heterocycles. The highest BCUT2D eigenvalue weighted by Crippen LogP contribution is 2.18. The van der Waals surface area contributed by atoms with Gasteiger partial charge in [0.15, 0.2) is 0 Å². The van der Waals surface area contributed by atoms with Gasteiger partial charge in [-0.1, -0.05) is 32.0 Å². The van der Waals surface area contributed by atoms with Gasteiger partial charge in [0.05, 0.1) is 17.8 Å². The molecule has 0 bridgehead atoms. The fraction of sp³-hybridized carbons (Fsp3) is 0.389. The SMILES string of the molecule is Cc1nn(-c2ccccc2)c(C)c1CC(=O)N[C@@H](C(=O)O)C(C)C. The van der Waals surface area contributed by atoms with E-state index >= 15 is 0 Å². The van der Waals surface area contributed by atoms with Crippen LogP contribution in [0.2, 0.25) is 0 Å². The van der Waals surface area contributed by atoms with Crippen LogP contribution in [0.4, 0.5) is 0 Å². The number of carbonyl (C=O) groups excluding carboxylic acids is 1. The molecule has 128 valence electrons. The molecule has 0 radical (unpaired) electrons. The molecule has 2 rings (SSSR count). The molecule has 2 N–H and O–H groups in total. The lowest BCUT2D eigenvalue weighted by atomic mass is 10.0. The molecule has 0 spiro atoms. The van der Waals surface area contributed by atoms with Crippen LogP contribution in [0.1, 0.15) is 30.8 Å². The van der Waals surface area contributed by atoms with Gasteiger partial charge in [-0.2, -0.15) is 5.10 Å². The van der Waals surface area contributed by atoms with Gasteiger partial charge in [-0.3, -0.25) is 4.79 Å². The van der Waals surface area contributed by atoms with Crippen molar-refractivity contribution in [2.75, 3.05) is 0 Å². The van der Waals surface area contributed by atoms with E-state index in [9.17, 15) is 14.7 Å². The number of amides is 1. The van der Waals surface area contributed by atoms with Crippen molar-refractivity contribution in [1.82, 2.24) is 15.1 Å². The molecule has 1 amide bonds. The Morgan fingerprint density at radius 1 is 1.21 bits per heavy atom. The maximum atomic E-state index is 12.3. The molecule has 2 aromatic rings. The first-order chi connectivity index (χ1) is 11.3. The second-order valence-electron chi connectivity index (χ2n) is 6.20. The van der Waals surface area contributed by atoms with Crippen molar-refractivity contribution in [3.8, 4) is 5.69 Å². The summed E-state index contributed by atoms with van der Waals surface area (Å²) >= 11 is 0. The van der Waals surface area contributed by atoms with Gasteiger partial charge in [-0.25, -0.2) is 9.48 Å². The van der Waals surface area contributed by atoms with Crippen molar-refractivity contribution >= 4 is 11.9 Å². The van der Waals surface area contributed by atoms with Crippen LogP contribution in [0.3, 0.4) is 0 Å². The monoisotopic (exact) mass is 329 g/mol. The maximum Gasteiger partial charge on any atom is 0.326 e. The summed E-state index contributed by atoms with van der Waals surface area (Å²) in [6, 6.07) is 8.80. The number of aliphatic carboxylic acids is 1. The summed E-state index contributed by atoms with van der Waals surface area (Å²) in [5.41, 5.74) is 3.40. The van der Waals surface area contributed by atoms with Crippen molar-refractivity contribution in [3.63, 3.8) is 0 Å². The van der Waals surface area contributed by atoms with Crippen LogP contribution in [0.15, 0.2) is 30.3 Å². The van der Waals surface area contributed by atoms with Gasteiger partial charge in [-0.05, 0) is 31.9 Å². The summed E-state index contributed by atoms with van der Waals surface area (Å²) < 4.78 is 1.80. The van der Waals surface area contributed by atoms with E-state index in [1.54, 1.807) is 18.5 Å². The highest BCUT2D eigenvalue weighted by atomic mass is 16.4. The van der Waals surface area contributed by atoms with Crippen LogP contribution in [0.25, 0.3) is 5.69 Å². The van der Waals surface area contributed by atoms with Crippen LogP contribution >= 0.6 is 0 Å². The van der Waals surface area contributed by atoms with E-state index in [4.69, 9.17) is 0 Å². The van der Waals surface area contributed by atoms with Crippen LogP contribution < -0.4 is 5.32 Å². The molecule has 6 nitrogen and oxygen atoms in total. The molecule has 0 saturated carbocycles. The van der Waals surface area contributed by atoms with Gasteiger partial charge >= 0.3 is 5.97 Å². The lowest BCUT2D eigenvalue weighted by molar-refractivity contribution is -0.143. The third-order valence-corrected chi connectivity index (χ3v) is 4.03. The molecule has 0 saturated heterocycles. The van der Waals surface area contributed by atoms with Crippen molar-refractivity contribution in [1.29, 1.82) is 0 Å². The normalized spacial score (nSPS) is 12.2. The second kappa shape index (κ2) is 7.29. The highest BCUT2D eigenvalue weighted by molar-refractivity contribution is 5.85. The van der Waals surface area contributed by atoms with E-state index in [1.807, 2.05) is 44.2 Å². The number of aromatic nitrogens is 2. The zero-order valence-electron chi connectivity index (χ0n) is 14.4. The minimum atomic E-state index is -1.02. The Balaban J connectivity index is 2.20. The standard InChI is InChI=1S/C18H23N3O3/c1-11(2)17(18(23)24)19-16(22)10-15-12(3)20-21(13(15)4)14-8-6-5-7-9-14/h5-9,11,17H,10H2,1-4H3,(H,19,22)(H,23,24)/t17-/m1/s1. The van der Waals surface area contributed by atoms with Crippen LogP contribution in [-0.4, -0.2) is 32.8 Å². The molecular formula is C18H23N3O3. The number of hydrogen-bond acceptors (Lipinski definition) is 3. The predicted molar refractivity (Wildman–Crippen MR) is 91.1 cm³/mol. The van der Waals surface area contributed by atoms with E-state index in [0.29, 0.717) is 0 Å². The van der Waals surface area contributed by atoms with E-state index in [-0.39, 0.29) is 18.2 Å². The summed E-state index contributed by atoms with van der Waals surface area (Å²) in [6.45, 7) is 7.30. The first-order valence-electron chi connectivity index (χ1n) is 7.94. The lowest BCUT2D eigenvalue weighted by Gasteiger charge is -2.17. The number of carboxylic acid groups (broad SMARTS) is 1. The molecular weight excluding hydrogens is 306 g/mol. The number of rotatable bonds is 6. The van der Waals surface area contributed by atoms with E-state index in [0.717, 1.165) is 22.6 Å². The Kier molecular flexibility index (Phi) is 5.39. The summed E-state index contributed by atoms with van der Waals surface area (Å²) in [4.78, 5) is 23.5. The molecule has 6 heteroatoms. The third-order valence-electron chi connectivity index (χ3n) is 4.03. The zero-order valence-corrected chi connectivity index (χ0v) is 14.4. The third kappa shape index (κ3) is 3.82. The molecule has 1 aromatic carbocycles. The molecule has 24 heavy (non-hydrogen) atoms. The molecule has 0 aliphatic heterocycles. The minimum Gasteiger partial charge on any atom is -0.480 e. The molecule has 0 fully saturated rings. The first-order valence-corrected chi connectivity index (χ1v) is 7.94.